The Morgan fingerprint density at radius 3 is 2.74 bits per heavy atom. The largest absolute Gasteiger partial charge is 0.380 e. The lowest BCUT2D eigenvalue weighted by Gasteiger charge is -2.27. The molecule has 2 aliphatic heterocycles. The van der Waals surface area contributed by atoms with Gasteiger partial charge in [-0.25, -0.2) is 13.1 Å². The topological polar surface area (TPSA) is 58.6 Å². The van der Waals surface area contributed by atoms with E-state index in [2.05, 4.69) is 21.8 Å². The first-order valence-corrected chi connectivity index (χ1v) is 10.0. The van der Waals surface area contributed by atoms with E-state index in [1.165, 1.54) is 5.56 Å². The molecule has 2 fully saturated rings. The summed E-state index contributed by atoms with van der Waals surface area (Å²) in [4.78, 5) is 2.38. The van der Waals surface area contributed by atoms with Gasteiger partial charge in [0.2, 0.25) is 10.0 Å². The van der Waals surface area contributed by atoms with Crippen LogP contribution in [0.5, 0.6) is 0 Å². The van der Waals surface area contributed by atoms with Gasteiger partial charge in [-0.05, 0) is 37.8 Å². The van der Waals surface area contributed by atoms with Gasteiger partial charge in [-0.2, -0.15) is 0 Å². The molecule has 0 aliphatic carbocycles. The fourth-order valence-corrected chi connectivity index (χ4v) is 4.85. The maximum Gasteiger partial charge on any atom is 0.216 e. The van der Waals surface area contributed by atoms with E-state index in [0.29, 0.717) is 26.2 Å². The Balaban J connectivity index is 1.54. The van der Waals surface area contributed by atoms with Crippen molar-refractivity contribution in [2.75, 3.05) is 26.3 Å². The molecular weight excluding hydrogens is 312 g/mol. The fourth-order valence-electron chi connectivity index (χ4n) is 3.44. The van der Waals surface area contributed by atoms with Gasteiger partial charge in [0.15, 0.2) is 0 Å². The third-order valence-corrected chi connectivity index (χ3v) is 6.62. The van der Waals surface area contributed by atoms with Gasteiger partial charge in [0, 0.05) is 25.7 Å². The standard InChI is InChI=1S/C17H26N2O3S/c20-23(21,17-9-5-11-22-14-17)18-12-16-8-4-10-19(16)13-15-6-2-1-3-7-15/h1-3,6-7,16-18H,4-5,8-14H2. The molecule has 3 rings (SSSR count). The number of sulfonamides is 1. The smallest absolute Gasteiger partial charge is 0.216 e. The summed E-state index contributed by atoms with van der Waals surface area (Å²) < 4.78 is 32.9. The van der Waals surface area contributed by atoms with E-state index >= 15 is 0 Å². The monoisotopic (exact) mass is 338 g/mol. The van der Waals surface area contributed by atoms with Gasteiger partial charge in [0.25, 0.3) is 0 Å². The Hall–Kier alpha value is -0.950. The highest BCUT2D eigenvalue weighted by Gasteiger charge is 2.30. The fraction of sp³-hybridized carbons (Fsp3) is 0.647. The molecular formula is C17H26N2O3S. The van der Waals surface area contributed by atoms with Crippen molar-refractivity contribution in [3.05, 3.63) is 35.9 Å². The zero-order chi connectivity index (χ0) is 16.1. The second-order valence-electron chi connectivity index (χ2n) is 6.48. The van der Waals surface area contributed by atoms with E-state index in [1.807, 2.05) is 18.2 Å². The number of rotatable bonds is 6. The van der Waals surface area contributed by atoms with Crippen LogP contribution in [0.1, 0.15) is 31.2 Å². The van der Waals surface area contributed by atoms with Crippen molar-refractivity contribution in [3.63, 3.8) is 0 Å². The minimum absolute atomic E-state index is 0.287. The molecule has 0 amide bonds. The Bertz CT molecular complexity index is 585. The van der Waals surface area contributed by atoms with Gasteiger partial charge in [-0.3, -0.25) is 4.90 Å². The number of likely N-dealkylation sites (tertiary alicyclic amines) is 1. The van der Waals surface area contributed by atoms with Crippen molar-refractivity contribution in [2.45, 2.75) is 43.5 Å². The SMILES string of the molecule is O=S(=O)(NCC1CCCN1Cc1ccccc1)C1CCCOC1. The van der Waals surface area contributed by atoms with Crippen molar-refractivity contribution >= 4 is 10.0 Å². The van der Waals surface area contributed by atoms with Crippen LogP contribution in [-0.2, 0) is 21.3 Å². The minimum atomic E-state index is -3.27. The lowest BCUT2D eigenvalue weighted by Crippen LogP contribution is -2.45. The highest BCUT2D eigenvalue weighted by molar-refractivity contribution is 7.90. The second kappa shape index (κ2) is 7.75. The maximum absolute atomic E-state index is 12.4. The molecule has 6 heteroatoms. The van der Waals surface area contributed by atoms with Gasteiger partial charge >= 0.3 is 0 Å². The number of nitrogens with zero attached hydrogens (tertiary/aromatic N) is 1. The average Bonchev–Trinajstić information content (AvgIpc) is 3.02. The van der Waals surface area contributed by atoms with Gasteiger partial charge in [0.05, 0.1) is 11.9 Å². The van der Waals surface area contributed by atoms with Crippen LogP contribution >= 0.6 is 0 Å². The molecule has 5 nitrogen and oxygen atoms in total. The van der Waals surface area contributed by atoms with Gasteiger partial charge in [-0.1, -0.05) is 30.3 Å². The summed E-state index contributed by atoms with van der Waals surface area (Å²) in [5.74, 6) is 0. The van der Waals surface area contributed by atoms with Crippen LogP contribution in [0.15, 0.2) is 30.3 Å². The number of benzene rings is 1. The third-order valence-electron chi connectivity index (χ3n) is 4.81. The summed E-state index contributed by atoms with van der Waals surface area (Å²) in [7, 11) is -3.27. The van der Waals surface area contributed by atoms with E-state index in [-0.39, 0.29) is 11.3 Å². The first-order chi connectivity index (χ1) is 11.1. The van der Waals surface area contributed by atoms with Crippen molar-refractivity contribution in [2.24, 2.45) is 0 Å². The van der Waals surface area contributed by atoms with E-state index in [9.17, 15) is 8.42 Å². The molecule has 1 aromatic carbocycles. The molecule has 2 atom stereocenters. The van der Waals surface area contributed by atoms with Crippen LogP contribution in [0.25, 0.3) is 0 Å². The van der Waals surface area contributed by atoms with Gasteiger partial charge in [0.1, 0.15) is 0 Å². The zero-order valence-electron chi connectivity index (χ0n) is 13.5. The zero-order valence-corrected chi connectivity index (χ0v) is 14.3. The highest BCUT2D eigenvalue weighted by atomic mass is 32.2. The Morgan fingerprint density at radius 1 is 1.17 bits per heavy atom. The summed E-state index contributed by atoms with van der Waals surface area (Å²) in [5.41, 5.74) is 1.28. The Morgan fingerprint density at radius 2 is 2.00 bits per heavy atom. The molecule has 2 heterocycles. The van der Waals surface area contributed by atoms with E-state index in [1.54, 1.807) is 0 Å². The minimum Gasteiger partial charge on any atom is -0.380 e. The van der Waals surface area contributed by atoms with Crippen molar-refractivity contribution in [1.82, 2.24) is 9.62 Å². The Labute approximate surface area is 139 Å². The average molecular weight is 338 g/mol. The quantitative estimate of drug-likeness (QED) is 0.858. The van der Waals surface area contributed by atoms with Crippen LogP contribution in [-0.4, -0.2) is 50.9 Å². The maximum atomic E-state index is 12.4. The molecule has 1 aromatic rings. The summed E-state index contributed by atoms with van der Waals surface area (Å²) >= 11 is 0. The number of ether oxygens (including phenoxy) is 1. The summed E-state index contributed by atoms with van der Waals surface area (Å²) in [5, 5.41) is -0.389. The normalized spacial score (nSPS) is 26.4. The third kappa shape index (κ3) is 4.53. The number of hydrogen-bond acceptors (Lipinski definition) is 4. The van der Waals surface area contributed by atoms with E-state index in [0.717, 1.165) is 32.4 Å². The predicted molar refractivity (Wildman–Crippen MR) is 90.6 cm³/mol. The van der Waals surface area contributed by atoms with Crippen molar-refractivity contribution in [1.29, 1.82) is 0 Å². The summed E-state index contributed by atoms with van der Waals surface area (Å²) in [6.07, 6.45) is 3.71. The van der Waals surface area contributed by atoms with Gasteiger partial charge < -0.3 is 4.74 Å². The molecule has 0 radical (unpaired) electrons. The number of hydrogen-bond donors (Lipinski definition) is 1. The first kappa shape index (κ1) is 16.9. The lowest BCUT2D eigenvalue weighted by atomic mass is 10.2. The van der Waals surface area contributed by atoms with Crippen molar-refractivity contribution in [3.8, 4) is 0 Å². The lowest BCUT2D eigenvalue weighted by molar-refractivity contribution is 0.0987. The van der Waals surface area contributed by atoms with E-state index in [4.69, 9.17) is 4.74 Å². The second-order valence-corrected chi connectivity index (χ2v) is 8.53. The molecule has 2 aliphatic rings. The highest BCUT2D eigenvalue weighted by Crippen LogP contribution is 2.20. The van der Waals surface area contributed by atoms with Crippen LogP contribution < -0.4 is 4.72 Å². The van der Waals surface area contributed by atoms with Crippen LogP contribution in [0, 0.1) is 0 Å². The van der Waals surface area contributed by atoms with Crippen LogP contribution in [0.2, 0.25) is 0 Å². The Kier molecular flexibility index (Phi) is 5.69. The van der Waals surface area contributed by atoms with Crippen molar-refractivity contribution < 1.29 is 13.2 Å². The van der Waals surface area contributed by atoms with Crippen LogP contribution in [0.4, 0.5) is 0 Å². The predicted octanol–water partition coefficient (Wildman–Crippen LogP) is 1.75. The molecule has 2 unspecified atom stereocenters. The summed E-state index contributed by atoms with van der Waals surface area (Å²) in [6, 6.07) is 10.6. The molecule has 2 saturated heterocycles. The van der Waals surface area contributed by atoms with Crippen LogP contribution in [0.3, 0.4) is 0 Å². The molecule has 1 N–H and O–H groups in total. The molecule has 0 bridgehead atoms. The molecule has 128 valence electrons. The molecule has 23 heavy (non-hydrogen) atoms. The molecule has 0 aromatic heterocycles. The van der Waals surface area contributed by atoms with E-state index < -0.39 is 10.0 Å². The molecule has 0 spiro atoms. The molecule has 0 saturated carbocycles. The number of nitrogens with one attached hydrogen (secondary N) is 1. The van der Waals surface area contributed by atoms with Gasteiger partial charge in [-0.15, -0.1) is 0 Å². The first-order valence-electron chi connectivity index (χ1n) is 8.49. The summed E-state index contributed by atoms with van der Waals surface area (Å²) in [6.45, 7) is 3.44.